The van der Waals surface area contributed by atoms with Crippen LogP contribution in [0, 0.1) is 0 Å². The van der Waals surface area contributed by atoms with Crippen molar-refractivity contribution in [2.24, 2.45) is 5.10 Å². The minimum Gasteiger partial charge on any atom is -0.267 e. The van der Waals surface area contributed by atoms with E-state index in [0.29, 0.717) is 5.56 Å². The Labute approximate surface area is 127 Å². The van der Waals surface area contributed by atoms with Crippen molar-refractivity contribution < 1.29 is 4.79 Å². The van der Waals surface area contributed by atoms with Crippen LogP contribution in [0.1, 0.15) is 45.3 Å². The number of carbonyl (C=O) groups excluding carboxylic acids is 1. The summed E-state index contributed by atoms with van der Waals surface area (Å²) in [7, 11) is 0. The highest BCUT2D eigenvalue weighted by molar-refractivity contribution is 7.13. The zero-order valence-corrected chi connectivity index (χ0v) is 13.3. The largest absolute Gasteiger partial charge is 0.272 e. The van der Waals surface area contributed by atoms with E-state index in [0.717, 1.165) is 24.1 Å². The minimum atomic E-state index is -0.146. The van der Waals surface area contributed by atoms with Crippen LogP contribution < -0.4 is 5.43 Å². The standard InChI is InChI=1S/C15H18N2OS2/c1-3-5-13-8-11(10-19-13)15(18)17-16-9-14-7-6-12(4-2)20-14/h6-10H,3-5H2,1-2H3,(H,17,18)/b16-9-. The molecule has 2 rings (SSSR count). The Bertz CT molecular complexity index is 599. The lowest BCUT2D eigenvalue weighted by Crippen LogP contribution is -2.16. The average Bonchev–Trinajstić information content (AvgIpc) is 3.08. The number of rotatable bonds is 6. The van der Waals surface area contributed by atoms with E-state index in [4.69, 9.17) is 0 Å². The maximum Gasteiger partial charge on any atom is 0.272 e. The molecule has 0 atom stereocenters. The minimum absolute atomic E-state index is 0.146. The van der Waals surface area contributed by atoms with Gasteiger partial charge in [0.05, 0.1) is 11.8 Å². The molecule has 0 spiro atoms. The van der Waals surface area contributed by atoms with Gasteiger partial charge in [-0.05, 0) is 31.0 Å². The maximum atomic E-state index is 11.9. The summed E-state index contributed by atoms with van der Waals surface area (Å²) < 4.78 is 0. The van der Waals surface area contributed by atoms with Crippen molar-refractivity contribution in [1.82, 2.24) is 5.43 Å². The Balaban J connectivity index is 1.90. The number of aryl methyl sites for hydroxylation is 2. The van der Waals surface area contributed by atoms with Crippen LogP contribution in [0.2, 0.25) is 0 Å². The van der Waals surface area contributed by atoms with Gasteiger partial charge in [-0.15, -0.1) is 22.7 Å². The Morgan fingerprint density at radius 3 is 2.90 bits per heavy atom. The molecule has 0 saturated heterocycles. The molecule has 0 bridgehead atoms. The van der Waals surface area contributed by atoms with E-state index in [1.807, 2.05) is 17.5 Å². The molecule has 5 heteroatoms. The molecule has 2 aromatic heterocycles. The molecule has 106 valence electrons. The summed E-state index contributed by atoms with van der Waals surface area (Å²) in [4.78, 5) is 15.5. The molecule has 3 nitrogen and oxygen atoms in total. The van der Waals surface area contributed by atoms with Crippen LogP contribution in [0.25, 0.3) is 0 Å². The van der Waals surface area contributed by atoms with Crippen LogP contribution in [0.3, 0.4) is 0 Å². The molecule has 2 aromatic rings. The third-order valence-electron chi connectivity index (χ3n) is 2.80. The molecule has 1 amide bonds. The van der Waals surface area contributed by atoms with Gasteiger partial charge in [0, 0.05) is 20.0 Å². The smallest absolute Gasteiger partial charge is 0.267 e. The summed E-state index contributed by atoms with van der Waals surface area (Å²) in [5, 5.41) is 5.90. The van der Waals surface area contributed by atoms with Crippen LogP contribution in [0.15, 0.2) is 28.7 Å². The number of hydrogen-bond acceptors (Lipinski definition) is 4. The first kappa shape index (κ1) is 14.9. The Hall–Kier alpha value is -1.46. The SMILES string of the molecule is CCCc1cc(C(=O)N/N=C\c2ccc(CC)s2)cs1. The van der Waals surface area contributed by atoms with E-state index in [1.54, 1.807) is 28.9 Å². The molecule has 0 radical (unpaired) electrons. The zero-order valence-electron chi connectivity index (χ0n) is 11.7. The molecule has 1 N–H and O–H groups in total. The van der Waals surface area contributed by atoms with Crippen LogP contribution in [-0.4, -0.2) is 12.1 Å². The van der Waals surface area contributed by atoms with E-state index in [9.17, 15) is 4.79 Å². The maximum absolute atomic E-state index is 11.9. The first-order valence-corrected chi connectivity index (χ1v) is 8.42. The van der Waals surface area contributed by atoms with Crippen LogP contribution in [-0.2, 0) is 12.8 Å². The fourth-order valence-electron chi connectivity index (χ4n) is 1.75. The molecule has 0 aromatic carbocycles. The summed E-state index contributed by atoms with van der Waals surface area (Å²) in [6, 6.07) is 6.05. The second-order valence-corrected chi connectivity index (χ2v) is 6.60. The molecule has 0 aliphatic rings. The van der Waals surface area contributed by atoms with Crippen molar-refractivity contribution in [3.8, 4) is 0 Å². The van der Waals surface area contributed by atoms with Crippen LogP contribution in [0.5, 0.6) is 0 Å². The molecular formula is C15H18N2OS2. The second-order valence-electron chi connectivity index (χ2n) is 4.41. The monoisotopic (exact) mass is 306 g/mol. The van der Waals surface area contributed by atoms with Gasteiger partial charge in [-0.2, -0.15) is 5.10 Å². The van der Waals surface area contributed by atoms with Gasteiger partial charge in [0.1, 0.15) is 0 Å². The lowest BCUT2D eigenvalue weighted by Gasteiger charge is -1.95. The quantitative estimate of drug-likeness (QED) is 0.634. The number of hydrazone groups is 1. The van der Waals surface area contributed by atoms with Gasteiger partial charge in [-0.3, -0.25) is 4.79 Å². The molecule has 0 fully saturated rings. The van der Waals surface area contributed by atoms with Gasteiger partial charge in [0.25, 0.3) is 5.91 Å². The lowest BCUT2D eigenvalue weighted by atomic mass is 10.2. The van der Waals surface area contributed by atoms with Gasteiger partial charge >= 0.3 is 0 Å². The second kappa shape index (κ2) is 7.36. The number of amides is 1. The molecule has 0 unspecified atom stereocenters. The van der Waals surface area contributed by atoms with Crippen LogP contribution >= 0.6 is 22.7 Å². The summed E-state index contributed by atoms with van der Waals surface area (Å²) in [6.45, 7) is 4.26. The van der Waals surface area contributed by atoms with E-state index >= 15 is 0 Å². The van der Waals surface area contributed by atoms with E-state index < -0.39 is 0 Å². The third-order valence-corrected chi connectivity index (χ3v) is 4.96. The fraction of sp³-hybridized carbons (Fsp3) is 0.333. The molecular weight excluding hydrogens is 288 g/mol. The highest BCUT2D eigenvalue weighted by Crippen LogP contribution is 2.16. The predicted molar refractivity (Wildman–Crippen MR) is 87.1 cm³/mol. The van der Waals surface area contributed by atoms with Gasteiger partial charge < -0.3 is 0 Å². The number of hydrogen-bond donors (Lipinski definition) is 1. The van der Waals surface area contributed by atoms with Crippen molar-refractivity contribution in [3.63, 3.8) is 0 Å². The Morgan fingerprint density at radius 1 is 1.35 bits per heavy atom. The third kappa shape index (κ3) is 4.02. The highest BCUT2D eigenvalue weighted by Gasteiger charge is 2.07. The molecule has 0 aliphatic heterocycles. The van der Waals surface area contributed by atoms with Gasteiger partial charge in [0.15, 0.2) is 0 Å². The summed E-state index contributed by atoms with van der Waals surface area (Å²) in [5.74, 6) is -0.146. The zero-order chi connectivity index (χ0) is 14.4. The van der Waals surface area contributed by atoms with E-state index in [-0.39, 0.29) is 5.91 Å². The van der Waals surface area contributed by atoms with Crippen LogP contribution in [0.4, 0.5) is 0 Å². The van der Waals surface area contributed by atoms with Crippen molar-refractivity contribution in [3.05, 3.63) is 43.8 Å². The first-order chi connectivity index (χ1) is 9.72. The van der Waals surface area contributed by atoms with Gasteiger partial charge in [-0.1, -0.05) is 20.3 Å². The average molecular weight is 306 g/mol. The molecule has 2 heterocycles. The fourth-order valence-corrected chi connectivity index (χ4v) is 3.55. The number of nitrogens with zero attached hydrogens (tertiary/aromatic N) is 1. The predicted octanol–water partition coefficient (Wildman–Crippen LogP) is 4.09. The number of nitrogens with one attached hydrogen (secondary N) is 1. The van der Waals surface area contributed by atoms with E-state index in [2.05, 4.69) is 30.4 Å². The van der Waals surface area contributed by atoms with Crippen molar-refractivity contribution in [2.75, 3.05) is 0 Å². The molecule has 20 heavy (non-hydrogen) atoms. The Morgan fingerprint density at radius 2 is 2.20 bits per heavy atom. The number of carbonyl (C=O) groups is 1. The van der Waals surface area contributed by atoms with Gasteiger partial charge in [-0.25, -0.2) is 5.43 Å². The topological polar surface area (TPSA) is 41.5 Å². The first-order valence-electron chi connectivity index (χ1n) is 6.72. The van der Waals surface area contributed by atoms with Crippen molar-refractivity contribution in [1.29, 1.82) is 0 Å². The summed E-state index contributed by atoms with van der Waals surface area (Å²) >= 11 is 3.32. The van der Waals surface area contributed by atoms with E-state index in [1.165, 1.54) is 9.75 Å². The lowest BCUT2D eigenvalue weighted by molar-refractivity contribution is 0.0955. The van der Waals surface area contributed by atoms with Crippen molar-refractivity contribution >= 4 is 34.8 Å². The highest BCUT2D eigenvalue weighted by atomic mass is 32.1. The normalized spacial score (nSPS) is 11.1. The molecule has 0 aliphatic carbocycles. The van der Waals surface area contributed by atoms with Crippen molar-refractivity contribution in [2.45, 2.75) is 33.1 Å². The Kier molecular flexibility index (Phi) is 5.49. The summed E-state index contributed by atoms with van der Waals surface area (Å²) in [5.41, 5.74) is 3.26. The number of thiophene rings is 2. The summed E-state index contributed by atoms with van der Waals surface area (Å²) in [6.07, 6.45) is 4.84. The van der Waals surface area contributed by atoms with Gasteiger partial charge in [0.2, 0.25) is 0 Å². The molecule has 0 saturated carbocycles.